The maximum Gasteiger partial charge on any atom is 0.0629 e. The van der Waals surface area contributed by atoms with E-state index in [9.17, 15) is 0 Å². The van der Waals surface area contributed by atoms with E-state index in [1.54, 1.807) is 16.4 Å². The van der Waals surface area contributed by atoms with E-state index in [2.05, 4.69) is 16.5 Å². The van der Waals surface area contributed by atoms with Gasteiger partial charge in [0.2, 0.25) is 0 Å². The zero-order valence-electron chi connectivity index (χ0n) is 9.77. The summed E-state index contributed by atoms with van der Waals surface area (Å²) in [6.45, 7) is 0.809. The van der Waals surface area contributed by atoms with Crippen LogP contribution in [-0.2, 0) is 13.6 Å². The Labute approximate surface area is 110 Å². The average molecular weight is 268 g/mol. The molecule has 1 aromatic carbocycles. The minimum Gasteiger partial charge on any atom is -0.316 e. The highest BCUT2D eigenvalue weighted by Crippen LogP contribution is 2.35. The van der Waals surface area contributed by atoms with Gasteiger partial charge in [-0.2, -0.15) is 5.10 Å². The molecule has 0 fully saturated rings. The Hall–Kier alpha value is -0.970. The van der Waals surface area contributed by atoms with E-state index in [1.807, 2.05) is 38.6 Å². The molecule has 0 unspecified atom stereocenters. The van der Waals surface area contributed by atoms with Crippen LogP contribution in [0.1, 0.15) is 5.56 Å². The Kier molecular flexibility index (Phi) is 4.10. The van der Waals surface area contributed by atoms with Gasteiger partial charge in [-0.3, -0.25) is 4.68 Å². The van der Waals surface area contributed by atoms with Crippen molar-refractivity contribution in [1.29, 1.82) is 0 Å². The Morgan fingerprint density at radius 2 is 2.29 bits per heavy atom. The van der Waals surface area contributed by atoms with Gasteiger partial charge in [0.1, 0.15) is 0 Å². The Bertz CT molecular complexity index is 510. The van der Waals surface area contributed by atoms with E-state index in [0.29, 0.717) is 0 Å². The van der Waals surface area contributed by atoms with Crippen LogP contribution in [0.15, 0.2) is 40.4 Å². The molecule has 0 aliphatic heterocycles. The van der Waals surface area contributed by atoms with Crippen LogP contribution < -0.4 is 5.32 Å². The molecule has 0 saturated heterocycles. The van der Waals surface area contributed by atoms with Crippen molar-refractivity contribution in [3.8, 4) is 0 Å². The Balaban J connectivity index is 2.30. The van der Waals surface area contributed by atoms with Crippen molar-refractivity contribution in [1.82, 2.24) is 15.1 Å². The zero-order chi connectivity index (χ0) is 12.3. The third kappa shape index (κ3) is 3.03. The van der Waals surface area contributed by atoms with E-state index in [-0.39, 0.29) is 0 Å². The summed E-state index contributed by atoms with van der Waals surface area (Å²) in [4.78, 5) is 2.19. The van der Waals surface area contributed by atoms with Crippen LogP contribution in [0, 0.1) is 0 Å². The molecule has 2 aromatic rings. The summed E-state index contributed by atoms with van der Waals surface area (Å²) >= 11 is 7.89. The molecule has 0 amide bonds. The van der Waals surface area contributed by atoms with Crippen molar-refractivity contribution < 1.29 is 0 Å². The summed E-state index contributed by atoms with van der Waals surface area (Å²) in [7, 11) is 3.84. The fourth-order valence-corrected chi connectivity index (χ4v) is 2.85. The molecule has 0 saturated carbocycles. The topological polar surface area (TPSA) is 29.9 Å². The molecular formula is C12H14ClN3S. The standard InChI is InChI=1S/C12H14ClN3S/c1-14-6-9-4-3-5-11(13)12(9)17-10-7-15-16(2)8-10/h3-5,7-8,14H,6H2,1-2H3. The molecule has 17 heavy (non-hydrogen) atoms. The molecule has 1 aromatic heterocycles. The normalized spacial score (nSPS) is 10.8. The quantitative estimate of drug-likeness (QED) is 0.924. The molecule has 0 atom stereocenters. The number of aromatic nitrogens is 2. The molecule has 2 rings (SSSR count). The molecule has 0 bridgehead atoms. The van der Waals surface area contributed by atoms with Crippen molar-refractivity contribution in [2.45, 2.75) is 16.3 Å². The molecular weight excluding hydrogens is 254 g/mol. The van der Waals surface area contributed by atoms with Crippen LogP contribution in [0.25, 0.3) is 0 Å². The van der Waals surface area contributed by atoms with Crippen molar-refractivity contribution in [3.63, 3.8) is 0 Å². The van der Waals surface area contributed by atoms with Gasteiger partial charge in [0, 0.05) is 24.7 Å². The van der Waals surface area contributed by atoms with Gasteiger partial charge in [0.25, 0.3) is 0 Å². The lowest BCUT2D eigenvalue weighted by Gasteiger charge is -2.09. The molecule has 0 spiro atoms. The van der Waals surface area contributed by atoms with Gasteiger partial charge < -0.3 is 5.32 Å². The van der Waals surface area contributed by atoms with Crippen LogP contribution in [-0.4, -0.2) is 16.8 Å². The number of benzene rings is 1. The van der Waals surface area contributed by atoms with Gasteiger partial charge in [-0.25, -0.2) is 0 Å². The maximum atomic E-state index is 6.25. The van der Waals surface area contributed by atoms with Gasteiger partial charge >= 0.3 is 0 Å². The average Bonchev–Trinajstić information content (AvgIpc) is 2.70. The number of halogens is 1. The number of hydrogen-bond donors (Lipinski definition) is 1. The predicted molar refractivity (Wildman–Crippen MR) is 71.5 cm³/mol. The van der Waals surface area contributed by atoms with E-state index in [0.717, 1.165) is 21.4 Å². The van der Waals surface area contributed by atoms with Gasteiger partial charge in [-0.05, 0) is 18.7 Å². The van der Waals surface area contributed by atoms with Crippen LogP contribution in [0.4, 0.5) is 0 Å². The monoisotopic (exact) mass is 267 g/mol. The highest BCUT2D eigenvalue weighted by molar-refractivity contribution is 7.99. The van der Waals surface area contributed by atoms with Crippen LogP contribution in [0.2, 0.25) is 5.02 Å². The van der Waals surface area contributed by atoms with Crippen LogP contribution in [0.3, 0.4) is 0 Å². The van der Waals surface area contributed by atoms with Crippen molar-refractivity contribution in [3.05, 3.63) is 41.2 Å². The van der Waals surface area contributed by atoms with Gasteiger partial charge in [0.05, 0.1) is 16.1 Å². The first-order chi connectivity index (χ1) is 8.20. The summed E-state index contributed by atoms with van der Waals surface area (Å²) < 4.78 is 1.79. The van der Waals surface area contributed by atoms with Crippen molar-refractivity contribution in [2.75, 3.05) is 7.05 Å². The number of nitrogens with one attached hydrogen (secondary N) is 1. The minimum atomic E-state index is 0.784. The SMILES string of the molecule is CNCc1cccc(Cl)c1Sc1cnn(C)c1. The van der Waals surface area contributed by atoms with E-state index < -0.39 is 0 Å². The number of aryl methyl sites for hydroxylation is 1. The minimum absolute atomic E-state index is 0.784. The Morgan fingerprint density at radius 3 is 2.94 bits per heavy atom. The van der Waals surface area contributed by atoms with Crippen molar-refractivity contribution >= 4 is 23.4 Å². The largest absolute Gasteiger partial charge is 0.316 e. The first kappa shape index (κ1) is 12.5. The lowest BCUT2D eigenvalue weighted by Crippen LogP contribution is -2.06. The molecule has 90 valence electrons. The van der Waals surface area contributed by atoms with Gasteiger partial charge in [0.15, 0.2) is 0 Å². The molecule has 3 nitrogen and oxygen atoms in total. The smallest absolute Gasteiger partial charge is 0.0629 e. The second-order valence-corrected chi connectivity index (χ2v) is 5.20. The predicted octanol–water partition coefficient (Wildman–Crippen LogP) is 2.94. The Morgan fingerprint density at radius 1 is 1.47 bits per heavy atom. The third-order valence-corrected chi connectivity index (χ3v) is 3.88. The lowest BCUT2D eigenvalue weighted by molar-refractivity contribution is 0.766. The lowest BCUT2D eigenvalue weighted by atomic mass is 10.2. The summed E-state index contributed by atoms with van der Waals surface area (Å²) in [6.07, 6.45) is 3.83. The molecule has 0 aliphatic carbocycles. The second-order valence-electron chi connectivity index (χ2n) is 3.71. The van der Waals surface area contributed by atoms with E-state index in [1.165, 1.54) is 5.56 Å². The zero-order valence-corrected chi connectivity index (χ0v) is 11.3. The van der Waals surface area contributed by atoms with Gasteiger partial charge in [-0.1, -0.05) is 35.5 Å². The molecule has 1 heterocycles. The van der Waals surface area contributed by atoms with Crippen LogP contribution in [0.5, 0.6) is 0 Å². The molecule has 0 radical (unpaired) electrons. The molecule has 5 heteroatoms. The number of rotatable bonds is 4. The third-order valence-electron chi connectivity index (χ3n) is 2.32. The summed E-state index contributed by atoms with van der Waals surface area (Å²) in [6, 6.07) is 5.98. The second kappa shape index (κ2) is 5.58. The van der Waals surface area contributed by atoms with Crippen LogP contribution >= 0.6 is 23.4 Å². The fourth-order valence-electron chi connectivity index (χ4n) is 1.57. The highest BCUT2D eigenvalue weighted by atomic mass is 35.5. The van der Waals surface area contributed by atoms with Crippen molar-refractivity contribution in [2.24, 2.45) is 7.05 Å². The molecule has 0 aliphatic rings. The van der Waals surface area contributed by atoms with E-state index >= 15 is 0 Å². The van der Waals surface area contributed by atoms with E-state index in [4.69, 9.17) is 11.6 Å². The number of hydrogen-bond acceptors (Lipinski definition) is 3. The maximum absolute atomic E-state index is 6.25. The van der Waals surface area contributed by atoms with Gasteiger partial charge in [-0.15, -0.1) is 0 Å². The first-order valence-corrected chi connectivity index (χ1v) is 6.48. The highest BCUT2D eigenvalue weighted by Gasteiger charge is 2.09. The fraction of sp³-hybridized carbons (Fsp3) is 0.250. The number of nitrogens with zero attached hydrogens (tertiary/aromatic N) is 2. The summed E-state index contributed by atoms with van der Waals surface area (Å²) in [5.74, 6) is 0. The summed E-state index contributed by atoms with van der Waals surface area (Å²) in [5, 5.41) is 8.09. The first-order valence-electron chi connectivity index (χ1n) is 5.29. The summed E-state index contributed by atoms with van der Waals surface area (Å²) in [5.41, 5.74) is 1.20. The molecule has 1 N–H and O–H groups in total.